The van der Waals surface area contributed by atoms with Crippen molar-refractivity contribution in [3.05, 3.63) is 24.3 Å². The summed E-state index contributed by atoms with van der Waals surface area (Å²) in [5, 5.41) is 18.4. The Kier molecular flexibility index (Phi) is 44.3. The fraction of sp³-hybridized carbons (Fsp3) is 0.878. The molecule has 354 valence electrons. The third kappa shape index (κ3) is 44.5. The van der Waals surface area contributed by atoms with E-state index in [0.717, 1.165) is 51.4 Å². The molecule has 3 unspecified atom stereocenters. The summed E-state index contributed by atoms with van der Waals surface area (Å²) in [6.45, 7) is 2.40. The van der Waals surface area contributed by atoms with Gasteiger partial charge in [-0.1, -0.05) is 205 Å². The van der Waals surface area contributed by atoms with Gasteiger partial charge in [0.1, 0.15) is 12.7 Å². The van der Waals surface area contributed by atoms with E-state index in [0.29, 0.717) is 12.8 Å². The van der Waals surface area contributed by atoms with Crippen LogP contribution in [-0.4, -0.2) is 65.7 Å². The van der Waals surface area contributed by atoms with E-state index in [1.807, 2.05) is 0 Å². The molecule has 0 amide bonds. The number of rotatable bonds is 47. The standard InChI is InChI=1S/C49H93O10P/c1-3-5-7-9-11-13-15-17-19-21-23-25-26-28-30-32-34-36-38-40-48(52)56-44-47(45-58-60(54,55)57-43-46(51)42-50)59-49(53)41-39-37-35-33-31-29-27-24-22-20-18-16-14-12-10-8-6-4-2/h14,16,20,22,46-47,50-51H,3-13,15,17-19,21,23-45H2,1-2H3,(H,54,55)/b16-14-,22-20-. The van der Waals surface area contributed by atoms with Crippen molar-refractivity contribution in [2.24, 2.45) is 0 Å². The Morgan fingerprint density at radius 1 is 0.500 bits per heavy atom. The first-order valence-electron chi connectivity index (χ1n) is 24.8. The van der Waals surface area contributed by atoms with Crippen LogP contribution in [0.25, 0.3) is 0 Å². The third-order valence-corrected chi connectivity index (χ3v) is 11.8. The number of phosphoric ester groups is 1. The Balaban J connectivity index is 4.19. The minimum Gasteiger partial charge on any atom is -0.462 e. The molecule has 0 spiro atoms. The van der Waals surface area contributed by atoms with Gasteiger partial charge in [-0.15, -0.1) is 0 Å². The van der Waals surface area contributed by atoms with Crippen LogP contribution >= 0.6 is 7.82 Å². The molecule has 10 nitrogen and oxygen atoms in total. The van der Waals surface area contributed by atoms with E-state index < -0.39 is 51.8 Å². The van der Waals surface area contributed by atoms with Crippen molar-refractivity contribution in [2.45, 2.75) is 251 Å². The molecule has 3 N–H and O–H groups in total. The Morgan fingerprint density at radius 2 is 0.867 bits per heavy atom. The summed E-state index contributed by atoms with van der Waals surface area (Å²) in [5.74, 6) is -0.921. The summed E-state index contributed by atoms with van der Waals surface area (Å²) in [7, 11) is -4.62. The van der Waals surface area contributed by atoms with Gasteiger partial charge in [0.15, 0.2) is 6.10 Å². The maximum atomic E-state index is 12.7. The Hall–Kier alpha value is -1.55. The van der Waals surface area contributed by atoms with Crippen LogP contribution in [0.3, 0.4) is 0 Å². The molecule has 0 aliphatic heterocycles. The monoisotopic (exact) mass is 873 g/mol. The average Bonchev–Trinajstić information content (AvgIpc) is 3.24. The lowest BCUT2D eigenvalue weighted by molar-refractivity contribution is -0.161. The van der Waals surface area contributed by atoms with Crippen LogP contribution in [0.5, 0.6) is 0 Å². The Morgan fingerprint density at radius 3 is 1.30 bits per heavy atom. The maximum Gasteiger partial charge on any atom is 0.472 e. The van der Waals surface area contributed by atoms with Gasteiger partial charge in [0, 0.05) is 12.8 Å². The zero-order chi connectivity index (χ0) is 44.0. The second-order valence-electron chi connectivity index (χ2n) is 16.8. The number of aliphatic hydroxyl groups excluding tert-OH is 2. The van der Waals surface area contributed by atoms with E-state index in [4.69, 9.17) is 23.6 Å². The van der Waals surface area contributed by atoms with Crippen LogP contribution in [0, 0.1) is 0 Å². The fourth-order valence-electron chi connectivity index (χ4n) is 7.03. The summed E-state index contributed by atoms with van der Waals surface area (Å²) in [5.41, 5.74) is 0. The van der Waals surface area contributed by atoms with E-state index in [9.17, 15) is 24.2 Å². The number of hydrogen-bond donors (Lipinski definition) is 3. The van der Waals surface area contributed by atoms with Gasteiger partial charge in [-0.3, -0.25) is 18.6 Å². The van der Waals surface area contributed by atoms with E-state index >= 15 is 0 Å². The highest BCUT2D eigenvalue weighted by Gasteiger charge is 2.27. The molecule has 0 rings (SSSR count). The average molecular weight is 873 g/mol. The van der Waals surface area contributed by atoms with Crippen molar-refractivity contribution >= 4 is 19.8 Å². The predicted octanol–water partition coefficient (Wildman–Crippen LogP) is 13.7. The first-order chi connectivity index (χ1) is 29.2. The molecule has 0 fully saturated rings. The van der Waals surface area contributed by atoms with Gasteiger partial charge >= 0.3 is 19.8 Å². The first kappa shape index (κ1) is 58.5. The summed E-state index contributed by atoms with van der Waals surface area (Å²) in [6, 6.07) is 0. The van der Waals surface area contributed by atoms with Gasteiger partial charge in [0.25, 0.3) is 0 Å². The molecule has 60 heavy (non-hydrogen) atoms. The second kappa shape index (κ2) is 45.5. The second-order valence-corrected chi connectivity index (χ2v) is 18.3. The minimum atomic E-state index is -4.62. The fourth-order valence-corrected chi connectivity index (χ4v) is 7.82. The number of unbranched alkanes of at least 4 members (excludes halogenated alkanes) is 29. The van der Waals surface area contributed by atoms with Crippen molar-refractivity contribution < 1.29 is 47.8 Å². The van der Waals surface area contributed by atoms with E-state index in [1.54, 1.807) is 0 Å². The van der Waals surface area contributed by atoms with Crippen LogP contribution in [0.1, 0.15) is 239 Å². The molecule has 0 aromatic carbocycles. The van der Waals surface area contributed by atoms with E-state index in [-0.39, 0.29) is 19.4 Å². The van der Waals surface area contributed by atoms with Crippen LogP contribution in [-0.2, 0) is 32.7 Å². The van der Waals surface area contributed by atoms with Crippen molar-refractivity contribution in [1.29, 1.82) is 0 Å². The molecular weight excluding hydrogens is 780 g/mol. The van der Waals surface area contributed by atoms with Crippen LogP contribution in [0.2, 0.25) is 0 Å². The SMILES string of the molecule is CCCCCC/C=C\C/C=C\CCCCCCCCCC(=O)OC(COC(=O)CCCCCCCCCCCCCCCCCCCCC)COP(=O)(O)OCC(O)CO. The molecule has 0 aliphatic carbocycles. The molecular formula is C49H93O10P. The molecule has 0 saturated carbocycles. The summed E-state index contributed by atoms with van der Waals surface area (Å²) >= 11 is 0. The van der Waals surface area contributed by atoms with Gasteiger partial charge in [0.2, 0.25) is 0 Å². The van der Waals surface area contributed by atoms with Crippen LogP contribution in [0.4, 0.5) is 0 Å². The van der Waals surface area contributed by atoms with Gasteiger partial charge in [-0.2, -0.15) is 0 Å². The van der Waals surface area contributed by atoms with Crippen molar-refractivity contribution in [3.8, 4) is 0 Å². The third-order valence-electron chi connectivity index (χ3n) is 10.9. The van der Waals surface area contributed by atoms with Crippen molar-refractivity contribution in [3.63, 3.8) is 0 Å². The molecule has 0 aromatic heterocycles. The van der Waals surface area contributed by atoms with Gasteiger partial charge in [-0.25, -0.2) is 4.57 Å². The first-order valence-corrected chi connectivity index (χ1v) is 26.3. The number of hydrogen-bond acceptors (Lipinski definition) is 9. The molecule has 0 aromatic rings. The van der Waals surface area contributed by atoms with Crippen LogP contribution < -0.4 is 0 Å². The van der Waals surface area contributed by atoms with E-state index in [2.05, 4.69) is 38.2 Å². The van der Waals surface area contributed by atoms with Crippen molar-refractivity contribution in [1.82, 2.24) is 0 Å². The largest absolute Gasteiger partial charge is 0.472 e. The Labute approximate surface area is 368 Å². The van der Waals surface area contributed by atoms with Crippen LogP contribution in [0.15, 0.2) is 24.3 Å². The van der Waals surface area contributed by atoms with Gasteiger partial charge < -0.3 is 24.6 Å². The smallest absolute Gasteiger partial charge is 0.462 e. The number of phosphoric acid groups is 1. The topological polar surface area (TPSA) is 149 Å². The number of allylic oxidation sites excluding steroid dienone is 4. The number of ether oxygens (including phenoxy) is 2. The molecule has 0 saturated heterocycles. The lowest BCUT2D eigenvalue weighted by Gasteiger charge is -2.20. The number of esters is 2. The zero-order valence-electron chi connectivity index (χ0n) is 38.7. The summed E-state index contributed by atoms with van der Waals surface area (Å²) in [4.78, 5) is 35.1. The minimum absolute atomic E-state index is 0.178. The highest BCUT2D eigenvalue weighted by molar-refractivity contribution is 7.47. The zero-order valence-corrected chi connectivity index (χ0v) is 39.6. The predicted molar refractivity (Wildman–Crippen MR) is 247 cm³/mol. The molecule has 0 aliphatic rings. The Bertz CT molecular complexity index is 1050. The highest BCUT2D eigenvalue weighted by atomic mass is 31.2. The highest BCUT2D eigenvalue weighted by Crippen LogP contribution is 2.43. The van der Waals surface area contributed by atoms with Gasteiger partial charge in [-0.05, 0) is 44.9 Å². The van der Waals surface area contributed by atoms with E-state index in [1.165, 1.54) is 148 Å². The lowest BCUT2D eigenvalue weighted by atomic mass is 10.0. The number of aliphatic hydroxyl groups is 2. The van der Waals surface area contributed by atoms with Crippen molar-refractivity contribution in [2.75, 3.05) is 26.4 Å². The quantitative estimate of drug-likeness (QED) is 0.0233. The molecule has 0 heterocycles. The number of carbonyl (C=O) groups excluding carboxylic acids is 2. The number of carbonyl (C=O) groups is 2. The molecule has 11 heteroatoms. The molecule has 0 bridgehead atoms. The lowest BCUT2D eigenvalue weighted by Crippen LogP contribution is -2.29. The summed E-state index contributed by atoms with van der Waals surface area (Å²) < 4.78 is 32.8. The molecule has 3 atom stereocenters. The summed E-state index contributed by atoms with van der Waals surface area (Å²) in [6.07, 6.45) is 47.1. The molecule has 0 radical (unpaired) electrons. The normalized spacial score (nSPS) is 13.9. The van der Waals surface area contributed by atoms with Gasteiger partial charge in [0.05, 0.1) is 19.8 Å². The maximum absolute atomic E-state index is 12.7.